The number of nitrogen functional groups attached to an aromatic ring is 1. The second-order valence-electron chi connectivity index (χ2n) is 3.07. The molecule has 0 spiro atoms. The molecule has 0 bridgehead atoms. The number of anilines is 1. The van der Waals surface area contributed by atoms with Gasteiger partial charge in [-0.2, -0.15) is 0 Å². The van der Waals surface area contributed by atoms with E-state index in [2.05, 4.69) is 5.32 Å². The van der Waals surface area contributed by atoms with Crippen molar-refractivity contribution in [3.8, 4) is 0 Å². The number of alkyl carbamates (subject to hydrolysis) is 1. The van der Waals surface area contributed by atoms with Gasteiger partial charge in [0.05, 0.1) is 6.04 Å². The van der Waals surface area contributed by atoms with Crippen molar-refractivity contribution in [2.24, 2.45) is 0 Å². The van der Waals surface area contributed by atoms with Gasteiger partial charge in [-0.3, -0.25) is 0 Å². The van der Waals surface area contributed by atoms with Crippen molar-refractivity contribution < 1.29 is 9.53 Å². The number of halogens is 1. The van der Waals surface area contributed by atoms with E-state index in [1.165, 1.54) is 0 Å². The Morgan fingerprint density at radius 2 is 2.36 bits per heavy atom. The standard InChI is InChI=1S/C9H9ClN2O2/c10-5-1-2-7(11)6(3-5)8-4-14-9(13)12-8/h1-3,8H,4,11H2,(H,12,13)/t8-/m0/s1. The molecule has 14 heavy (non-hydrogen) atoms. The minimum atomic E-state index is -0.422. The number of nitrogens with one attached hydrogen (secondary N) is 1. The Morgan fingerprint density at radius 1 is 1.57 bits per heavy atom. The van der Waals surface area contributed by atoms with Crippen LogP contribution in [-0.4, -0.2) is 12.7 Å². The lowest BCUT2D eigenvalue weighted by Crippen LogP contribution is -2.19. The number of hydrogen-bond acceptors (Lipinski definition) is 3. The molecule has 5 heteroatoms. The Balaban J connectivity index is 2.31. The predicted octanol–water partition coefficient (Wildman–Crippen LogP) is 1.70. The minimum Gasteiger partial charge on any atom is -0.447 e. The lowest BCUT2D eigenvalue weighted by molar-refractivity contribution is 0.177. The van der Waals surface area contributed by atoms with E-state index in [0.29, 0.717) is 17.3 Å². The predicted molar refractivity (Wildman–Crippen MR) is 53.1 cm³/mol. The quantitative estimate of drug-likeness (QED) is 0.697. The molecule has 1 fully saturated rings. The zero-order valence-electron chi connectivity index (χ0n) is 7.29. The molecule has 0 saturated carbocycles. The van der Waals surface area contributed by atoms with Crippen molar-refractivity contribution >= 4 is 23.4 Å². The monoisotopic (exact) mass is 212 g/mol. The summed E-state index contributed by atoms with van der Waals surface area (Å²) in [6.45, 7) is 0.295. The molecule has 1 aliphatic rings. The number of amides is 1. The lowest BCUT2D eigenvalue weighted by atomic mass is 10.1. The smallest absolute Gasteiger partial charge is 0.407 e. The molecular weight excluding hydrogens is 204 g/mol. The maximum atomic E-state index is 10.8. The zero-order chi connectivity index (χ0) is 10.1. The van der Waals surface area contributed by atoms with E-state index in [1.807, 2.05) is 0 Å². The summed E-state index contributed by atoms with van der Waals surface area (Å²) in [5, 5.41) is 3.23. The molecule has 3 N–H and O–H groups in total. The molecule has 0 aliphatic carbocycles. The van der Waals surface area contributed by atoms with Crippen molar-refractivity contribution in [2.45, 2.75) is 6.04 Å². The molecule has 1 aromatic carbocycles. The summed E-state index contributed by atoms with van der Waals surface area (Å²) in [7, 11) is 0. The molecule has 2 rings (SSSR count). The average Bonchev–Trinajstić information content (AvgIpc) is 2.56. The number of benzene rings is 1. The fraction of sp³-hybridized carbons (Fsp3) is 0.222. The van der Waals surface area contributed by atoms with Crippen LogP contribution >= 0.6 is 11.6 Å². The van der Waals surface area contributed by atoms with E-state index in [0.717, 1.165) is 5.56 Å². The molecule has 0 unspecified atom stereocenters. The van der Waals surface area contributed by atoms with Crippen LogP contribution in [0.4, 0.5) is 10.5 Å². The highest BCUT2D eigenvalue weighted by Gasteiger charge is 2.25. The molecule has 4 nitrogen and oxygen atoms in total. The molecule has 1 amide bonds. The first-order valence-corrected chi connectivity index (χ1v) is 4.53. The van der Waals surface area contributed by atoms with E-state index in [1.54, 1.807) is 18.2 Å². The van der Waals surface area contributed by atoms with E-state index in [9.17, 15) is 4.79 Å². The van der Waals surface area contributed by atoms with Crippen LogP contribution in [0.15, 0.2) is 18.2 Å². The summed E-state index contributed by atoms with van der Waals surface area (Å²) in [5.74, 6) is 0. The zero-order valence-corrected chi connectivity index (χ0v) is 8.04. The van der Waals surface area contributed by atoms with Crippen LogP contribution in [-0.2, 0) is 4.74 Å². The van der Waals surface area contributed by atoms with Gasteiger partial charge in [-0.05, 0) is 18.2 Å². The van der Waals surface area contributed by atoms with Gasteiger partial charge in [0.2, 0.25) is 0 Å². The van der Waals surface area contributed by atoms with E-state index in [-0.39, 0.29) is 6.04 Å². The minimum absolute atomic E-state index is 0.193. The Kier molecular flexibility index (Phi) is 2.21. The number of carbonyl (C=O) groups excluding carboxylic acids is 1. The molecule has 1 aliphatic heterocycles. The van der Waals surface area contributed by atoms with Gasteiger partial charge in [-0.15, -0.1) is 0 Å². The van der Waals surface area contributed by atoms with Crippen molar-refractivity contribution in [3.63, 3.8) is 0 Å². The van der Waals surface area contributed by atoms with Gasteiger partial charge in [-0.1, -0.05) is 11.6 Å². The Bertz CT molecular complexity index is 381. The van der Waals surface area contributed by atoms with Crippen LogP contribution in [0.5, 0.6) is 0 Å². The van der Waals surface area contributed by atoms with Crippen LogP contribution in [0.2, 0.25) is 5.02 Å². The fourth-order valence-electron chi connectivity index (χ4n) is 1.40. The first-order valence-electron chi connectivity index (χ1n) is 4.15. The highest BCUT2D eigenvalue weighted by molar-refractivity contribution is 6.30. The van der Waals surface area contributed by atoms with Crippen LogP contribution in [0.25, 0.3) is 0 Å². The van der Waals surface area contributed by atoms with Gasteiger partial charge in [0.25, 0.3) is 0 Å². The van der Waals surface area contributed by atoms with E-state index in [4.69, 9.17) is 22.1 Å². The SMILES string of the molecule is Nc1ccc(Cl)cc1[C@@H]1COC(=O)N1. The van der Waals surface area contributed by atoms with Crippen LogP contribution in [0.3, 0.4) is 0 Å². The third-order valence-electron chi connectivity index (χ3n) is 2.10. The highest BCUT2D eigenvalue weighted by Crippen LogP contribution is 2.26. The van der Waals surface area contributed by atoms with E-state index < -0.39 is 6.09 Å². The largest absolute Gasteiger partial charge is 0.447 e. The summed E-state index contributed by atoms with van der Waals surface area (Å²) in [5.41, 5.74) is 7.15. The first kappa shape index (κ1) is 9.15. The topological polar surface area (TPSA) is 64.3 Å². The number of cyclic esters (lactones) is 1. The molecule has 0 radical (unpaired) electrons. The first-order chi connectivity index (χ1) is 6.66. The number of ether oxygens (including phenoxy) is 1. The highest BCUT2D eigenvalue weighted by atomic mass is 35.5. The Labute approximate surface area is 86.0 Å². The average molecular weight is 213 g/mol. The lowest BCUT2D eigenvalue weighted by Gasteiger charge is -2.10. The molecule has 1 aromatic rings. The summed E-state index contributed by atoms with van der Waals surface area (Å²) in [6, 6.07) is 4.96. The van der Waals surface area contributed by atoms with Gasteiger partial charge >= 0.3 is 6.09 Å². The third-order valence-corrected chi connectivity index (χ3v) is 2.33. The number of nitrogens with two attached hydrogens (primary N) is 1. The van der Waals surface area contributed by atoms with Gasteiger partial charge < -0.3 is 15.8 Å². The summed E-state index contributed by atoms with van der Waals surface area (Å²) < 4.78 is 4.77. The van der Waals surface area contributed by atoms with Crippen molar-refractivity contribution in [2.75, 3.05) is 12.3 Å². The summed E-state index contributed by atoms with van der Waals surface area (Å²) >= 11 is 5.82. The Morgan fingerprint density at radius 3 is 3.00 bits per heavy atom. The van der Waals surface area contributed by atoms with Crippen LogP contribution in [0.1, 0.15) is 11.6 Å². The fourth-order valence-corrected chi connectivity index (χ4v) is 1.58. The van der Waals surface area contributed by atoms with Crippen molar-refractivity contribution in [3.05, 3.63) is 28.8 Å². The summed E-state index contributed by atoms with van der Waals surface area (Å²) in [6.07, 6.45) is -0.422. The van der Waals surface area contributed by atoms with Crippen molar-refractivity contribution in [1.29, 1.82) is 0 Å². The Hall–Kier alpha value is -1.42. The van der Waals surface area contributed by atoms with Gasteiger partial charge in [0.1, 0.15) is 6.61 Å². The number of rotatable bonds is 1. The molecule has 74 valence electrons. The summed E-state index contributed by atoms with van der Waals surface area (Å²) in [4.78, 5) is 10.8. The molecule has 1 saturated heterocycles. The molecule has 0 aromatic heterocycles. The van der Waals surface area contributed by atoms with Crippen molar-refractivity contribution in [1.82, 2.24) is 5.32 Å². The second-order valence-corrected chi connectivity index (χ2v) is 3.51. The molecule has 1 heterocycles. The number of carbonyl (C=O) groups is 1. The maximum Gasteiger partial charge on any atom is 0.407 e. The molecular formula is C9H9ClN2O2. The third kappa shape index (κ3) is 1.61. The van der Waals surface area contributed by atoms with Gasteiger partial charge in [-0.25, -0.2) is 4.79 Å². The van der Waals surface area contributed by atoms with Gasteiger partial charge in [0, 0.05) is 16.3 Å². The van der Waals surface area contributed by atoms with E-state index >= 15 is 0 Å². The van der Waals surface area contributed by atoms with Crippen LogP contribution in [0, 0.1) is 0 Å². The van der Waals surface area contributed by atoms with Crippen LogP contribution < -0.4 is 11.1 Å². The normalized spacial score (nSPS) is 20.4. The molecule has 1 atom stereocenters. The second kappa shape index (κ2) is 3.38. The maximum absolute atomic E-state index is 10.8. The number of hydrogen-bond donors (Lipinski definition) is 2. The van der Waals surface area contributed by atoms with Gasteiger partial charge in [0.15, 0.2) is 0 Å².